The molecular weight excluding hydrogens is 218 g/mol. The molecule has 0 unspecified atom stereocenters. The number of nitrogens with zero attached hydrogens (tertiary/aromatic N) is 2. The normalized spacial score (nSPS) is 17.0. The highest BCUT2D eigenvalue weighted by Gasteiger charge is 2.17. The van der Waals surface area contributed by atoms with Gasteiger partial charge in [-0.15, -0.1) is 0 Å². The second-order valence-electron chi connectivity index (χ2n) is 4.22. The van der Waals surface area contributed by atoms with Crippen LogP contribution in [0.1, 0.15) is 30.9 Å². The van der Waals surface area contributed by atoms with Crippen molar-refractivity contribution in [3.63, 3.8) is 0 Å². The van der Waals surface area contributed by atoms with Crippen molar-refractivity contribution in [3.8, 4) is 0 Å². The number of nitrogens with one attached hydrogen (secondary N) is 1. The van der Waals surface area contributed by atoms with Gasteiger partial charge in [-0.1, -0.05) is 0 Å². The third-order valence-electron chi connectivity index (χ3n) is 2.97. The number of hydrogen-bond acceptors (Lipinski definition) is 5. The summed E-state index contributed by atoms with van der Waals surface area (Å²) in [5, 5.41) is 11.9. The lowest BCUT2D eigenvalue weighted by Crippen LogP contribution is -2.15. The van der Waals surface area contributed by atoms with Crippen LogP contribution in [-0.4, -0.2) is 41.4 Å². The molecule has 1 aliphatic heterocycles. The van der Waals surface area contributed by atoms with Crippen molar-refractivity contribution in [2.24, 2.45) is 0 Å². The molecule has 1 aliphatic rings. The van der Waals surface area contributed by atoms with E-state index in [4.69, 9.17) is 9.84 Å². The first-order valence-electron chi connectivity index (χ1n) is 6.14. The van der Waals surface area contributed by atoms with Gasteiger partial charge in [-0.3, -0.25) is 0 Å². The van der Waals surface area contributed by atoms with Crippen molar-refractivity contribution >= 4 is 5.82 Å². The minimum Gasteiger partial charge on any atom is -0.396 e. The maximum atomic E-state index is 8.72. The first kappa shape index (κ1) is 12.3. The largest absolute Gasteiger partial charge is 0.396 e. The Kier molecular flexibility index (Phi) is 4.70. The van der Waals surface area contributed by atoms with E-state index in [2.05, 4.69) is 15.3 Å². The minimum absolute atomic E-state index is 0.199. The van der Waals surface area contributed by atoms with Crippen molar-refractivity contribution in [2.75, 3.05) is 31.7 Å². The summed E-state index contributed by atoms with van der Waals surface area (Å²) in [7, 11) is 0. The minimum atomic E-state index is 0.199. The van der Waals surface area contributed by atoms with Gasteiger partial charge in [0.15, 0.2) is 0 Å². The van der Waals surface area contributed by atoms with Crippen molar-refractivity contribution in [3.05, 3.63) is 18.1 Å². The van der Waals surface area contributed by atoms with E-state index < -0.39 is 0 Å². The van der Waals surface area contributed by atoms with Gasteiger partial charge >= 0.3 is 0 Å². The van der Waals surface area contributed by atoms with E-state index in [0.717, 1.165) is 50.5 Å². The summed E-state index contributed by atoms with van der Waals surface area (Å²) in [5.41, 5.74) is 1.09. The zero-order chi connectivity index (χ0) is 11.9. The van der Waals surface area contributed by atoms with Crippen molar-refractivity contribution in [2.45, 2.75) is 25.2 Å². The third-order valence-corrected chi connectivity index (χ3v) is 2.97. The molecule has 1 aromatic heterocycles. The predicted molar refractivity (Wildman–Crippen MR) is 65.0 cm³/mol. The van der Waals surface area contributed by atoms with E-state index in [1.807, 2.05) is 6.07 Å². The fraction of sp³-hybridized carbons (Fsp3) is 0.667. The molecule has 1 fully saturated rings. The number of anilines is 1. The molecular formula is C12H19N3O2. The lowest BCUT2D eigenvalue weighted by Gasteiger charge is -2.21. The van der Waals surface area contributed by atoms with Crippen LogP contribution >= 0.6 is 0 Å². The quantitative estimate of drug-likeness (QED) is 0.752. The van der Waals surface area contributed by atoms with Crippen LogP contribution in [0, 0.1) is 0 Å². The van der Waals surface area contributed by atoms with Gasteiger partial charge in [0.05, 0.1) is 0 Å². The lowest BCUT2D eigenvalue weighted by atomic mass is 9.96. The summed E-state index contributed by atoms with van der Waals surface area (Å²) in [6.45, 7) is 2.58. The molecule has 2 heterocycles. The van der Waals surface area contributed by atoms with E-state index in [-0.39, 0.29) is 6.61 Å². The SMILES string of the molecule is OCCCNc1cc(C2CCOCC2)ncn1. The van der Waals surface area contributed by atoms with Gasteiger partial charge in [-0.2, -0.15) is 0 Å². The lowest BCUT2D eigenvalue weighted by molar-refractivity contribution is 0.0845. The summed E-state index contributed by atoms with van der Waals surface area (Å²) in [5.74, 6) is 1.33. The van der Waals surface area contributed by atoms with Crippen LogP contribution in [0.3, 0.4) is 0 Å². The summed E-state index contributed by atoms with van der Waals surface area (Å²) >= 11 is 0. The Hall–Kier alpha value is -1.20. The van der Waals surface area contributed by atoms with Gasteiger partial charge in [-0.05, 0) is 19.3 Å². The predicted octanol–water partition coefficient (Wildman–Crippen LogP) is 1.16. The zero-order valence-corrected chi connectivity index (χ0v) is 9.93. The molecule has 17 heavy (non-hydrogen) atoms. The molecule has 0 spiro atoms. The highest BCUT2D eigenvalue weighted by Crippen LogP contribution is 2.25. The molecule has 2 rings (SSSR count). The number of aliphatic hydroxyl groups excluding tert-OH is 1. The van der Waals surface area contributed by atoms with Crippen LogP contribution in [0.25, 0.3) is 0 Å². The number of aliphatic hydroxyl groups is 1. The molecule has 0 saturated carbocycles. The summed E-state index contributed by atoms with van der Waals surface area (Å²) in [6.07, 6.45) is 4.41. The van der Waals surface area contributed by atoms with Crippen molar-refractivity contribution in [1.82, 2.24) is 9.97 Å². The van der Waals surface area contributed by atoms with E-state index in [9.17, 15) is 0 Å². The van der Waals surface area contributed by atoms with Crippen LogP contribution in [0.4, 0.5) is 5.82 Å². The van der Waals surface area contributed by atoms with Gasteiger partial charge in [0.1, 0.15) is 12.1 Å². The van der Waals surface area contributed by atoms with E-state index in [1.54, 1.807) is 6.33 Å². The van der Waals surface area contributed by atoms with Crippen LogP contribution in [0.5, 0.6) is 0 Å². The zero-order valence-electron chi connectivity index (χ0n) is 9.93. The standard InChI is InChI=1S/C12H19N3O2/c16-5-1-4-13-12-8-11(14-9-15-12)10-2-6-17-7-3-10/h8-10,16H,1-7H2,(H,13,14,15). The van der Waals surface area contributed by atoms with E-state index in [0.29, 0.717) is 5.92 Å². The number of ether oxygens (including phenoxy) is 1. The van der Waals surface area contributed by atoms with Gasteiger partial charge in [-0.25, -0.2) is 9.97 Å². The third kappa shape index (κ3) is 3.64. The average Bonchev–Trinajstić information content (AvgIpc) is 2.41. The Morgan fingerprint density at radius 3 is 2.94 bits per heavy atom. The molecule has 5 heteroatoms. The molecule has 2 N–H and O–H groups in total. The smallest absolute Gasteiger partial charge is 0.129 e. The van der Waals surface area contributed by atoms with Crippen LogP contribution in [0.2, 0.25) is 0 Å². The summed E-state index contributed by atoms with van der Waals surface area (Å²) in [6, 6.07) is 2.01. The molecule has 0 aliphatic carbocycles. The van der Waals surface area contributed by atoms with Gasteiger partial charge in [0.25, 0.3) is 0 Å². The molecule has 1 aromatic rings. The van der Waals surface area contributed by atoms with E-state index >= 15 is 0 Å². The maximum Gasteiger partial charge on any atom is 0.129 e. The van der Waals surface area contributed by atoms with Crippen LogP contribution < -0.4 is 5.32 Å². The van der Waals surface area contributed by atoms with E-state index in [1.165, 1.54) is 0 Å². The molecule has 0 amide bonds. The molecule has 0 atom stereocenters. The highest BCUT2D eigenvalue weighted by atomic mass is 16.5. The highest BCUT2D eigenvalue weighted by molar-refractivity contribution is 5.35. The Balaban J connectivity index is 1.95. The first-order valence-corrected chi connectivity index (χ1v) is 6.14. The second-order valence-corrected chi connectivity index (χ2v) is 4.22. The molecule has 94 valence electrons. The Bertz CT molecular complexity index is 340. The van der Waals surface area contributed by atoms with Crippen molar-refractivity contribution < 1.29 is 9.84 Å². The number of aromatic nitrogens is 2. The topological polar surface area (TPSA) is 67.3 Å². The maximum absolute atomic E-state index is 8.72. The Labute approximate surface area is 101 Å². The second kappa shape index (κ2) is 6.51. The Morgan fingerprint density at radius 2 is 2.18 bits per heavy atom. The molecule has 0 aromatic carbocycles. The Morgan fingerprint density at radius 1 is 1.35 bits per heavy atom. The fourth-order valence-corrected chi connectivity index (χ4v) is 1.98. The monoisotopic (exact) mass is 237 g/mol. The van der Waals surface area contributed by atoms with Crippen LogP contribution in [0.15, 0.2) is 12.4 Å². The number of hydrogen-bond donors (Lipinski definition) is 2. The molecule has 0 radical (unpaired) electrons. The van der Waals surface area contributed by atoms with Gasteiger partial charge in [0.2, 0.25) is 0 Å². The van der Waals surface area contributed by atoms with Gasteiger partial charge in [0, 0.05) is 44.0 Å². The number of rotatable bonds is 5. The summed E-state index contributed by atoms with van der Waals surface area (Å²) < 4.78 is 5.34. The molecule has 0 bridgehead atoms. The summed E-state index contributed by atoms with van der Waals surface area (Å²) in [4.78, 5) is 8.51. The molecule has 1 saturated heterocycles. The first-order chi connectivity index (χ1) is 8.40. The molecule has 5 nitrogen and oxygen atoms in total. The van der Waals surface area contributed by atoms with Gasteiger partial charge < -0.3 is 15.2 Å². The van der Waals surface area contributed by atoms with Crippen LogP contribution in [-0.2, 0) is 4.74 Å². The fourth-order valence-electron chi connectivity index (χ4n) is 1.98. The van der Waals surface area contributed by atoms with Crippen molar-refractivity contribution in [1.29, 1.82) is 0 Å². The average molecular weight is 237 g/mol.